The summed E-state index contributed by atoms with van der Waals surface area (Å²) in [7, 11) is 0. The maximum Gasteiger partial charge on any atom is 0.261 e. The van der Waals surface area contributed by atoms with E-state index >= 15 is 0 Å². The van der Waals surface area contributed by atoms with E-state index < -0.39 is 6.04 Å². The van der Waals surface area contributed by atoms with Crippen molar-refractivity contribution in [3.8, 4) is 5.75 Å². The van der Waals surface area contributed by atoms with Crippen LogP contribution in [0.1, 0.15) is 50.8 Å². The van der Waals surface area contributed by atoms with Gasteiger partial charge in [-0.2, -0.15) is 0 Å². The summed E-state index contributed by atoms with van der Waals surface area (Å²) in [6.07, 6.45) is 1.25. The molecule has 5 heteroatoms. The van der Waals surface area contributed by atoms with Crippen molar-refractivity contribution < 1.29 is 14.3 Å². The molecule has 1 unspecified atom stereocenters. The van der Waals surface area contributed by atoms with Crippen LogP contribution in [-0.4, -0.2) is 35.9 Å². The molecule has 0 aliphatic heterocycles. The summed E-state index contributed by atoms with van der Waals surface area (Å²) in [5.74, 6) is 0.309. The second-order valence-corrected chi connectivity index (χ2v) is 10.0. The predicted octanol–water partition coefficient (Wildman–Crippen LogP) is 5.53. The smallest absolute Gasteiger partial charge is 0.261 e. The lowest BCUT2D eigenvalue weighted by atomic mass is 9.86. The molecule has 0 spiro atoms. The van der Waals surface area contributed by atoms with Crippen LogP contribution >= 0.6 is 0 Å². The molecule has 3 rings (SSSR count). The highest BCUT2D eigenvalue weighted by atomic mass is 16.5. The molecule has 0 aliphatic carbocycles. The summed E-state index contributed by atoms with van der Waals surface area (Å²) < 4.78 is 6.08. The van der Waals surface area contributed by atoms with E-state index in [9.17, 15) is 9.59 Å². The fourth-order valence-electron chi connectivity index (χ4n) is 4.13. The largest absolute Gasteiger partial charge is 0.483 e. The normalized spacial score (nSPS) is 12.0. The lowest BCUT2D eigenvalue weighted by Crippen LogP contribution is -2.51. The maximum absolute atomic E-state index is 13.7. The van der Waals surface area contributed by atoms with Crippen molar-refractivity contribution in [2.24, 2.45) is 0 Å². The summed E-state index contributed by atoms with van der Waals surface area (Å²) in [4.78, 5) is 28.7. The minimum atomic E-state index is -0.659. The summed E-state index contributed by atoms with van der Waals surface area (Å²) in [5, 5.41) is 3.00. The number of ether oxygens (including phenoxy) is 1. The Morgan fingerprint density at radius 2 is 1.44 bits per heavy atom. The third-order valence-electron chi connectivity index (χ3n) is 6.06. The highest BCUT2D eigenvalue weighted by Crippen LogP contribution is 2.31. The van der Waals surface area contributed by atoms with Crippen molar-refractivity contribution in [1.29, 1.82) is 0 Å². The second-order valence-electron chi connectivity index (χ2n) is 10.0. The van der Waals surface area contributed by atoms with Gasteiger partial charge >= 0.3 is 0 Å². The summed E-state index contributed by atoms with van der Waals surface area (Å²) in [5.41, 5.74) is 2.87. The molecule has 0 saturated heterocycles. The monoisotopic (exact) mass is 486 g/mol. The molecular formula is C31H38N2O3. The lowest BCUT2D eigenvalue weighted by molar-refractivity contribution is -0.142. The van der Waals surface area contributed by atoms with Gasteiger partial charge in [0.15, 0.2) is 6.61 Å². The average Bonchev–Trinajstić information content (AvgIpc) is 2.88. The van der Waals surface area contributed by atoms with E-state index in [4.69, 9.17) is 4.74 Å². The number of hydrogen-bond acceptors (Lipinski definition) is 3. The number of para-hydroxylation sites is 1. The third-order valence-corrected chi connectivity index (χ3v) is 6.06. The zero-order valence-electron chi connectivity index (χ0n) is 21.9. The molecule has 36 heavy (non-hydrogen) atoms. The molecule has 0 radical (unpaired) electrons. The summed E-state index contributed by atoms with van der Waals surface area (Å²) >= 11 is 0. The van der Waals surface area contributed by atoms with Crippen LogP contribution in [0.5, 0.6) is 5.75 Å². The SMILES string of the molecule is CCCNC(=O)C(Cc1ccccc1)N(Cc1ccccc1)C(=O)COc1ccccc1C(C)(C)C. The van der Waals surface area contributed by atoms with Gasteiger partial charge in [0.2, 0.25) is 5.91 Å². The van der Waals surface area contributed by atoms with Crippen LogP contribution in [-0.2, 0) is 28.0 Å². The van der Waals surface area contributed by atoms with Crippen LogP contribution < -0.4 is 10.1 Å². The van der Waals surface area contributed by atoms with Crippen molar-refractivity contribution in [1.82, 2.24) is 10.2 Å². The van der Waals surface area contributed by atoms with Crippen molar-refractivity contribution in [3.63, 3.8) is 0 Å². The zero-order valence-corrected chi connectivity index (χ0v) is 21.9. The molecule has 0 aromatic heterocycles. The first-order valence-corrected chi connectivity index (χ1v) is 12.7. The van der Waals surface area contributed by atoms with Gasteiger partial charge in [-0.3, -0.25) is 9.59 Å². The molecule has 1 N–H and O–H groups in total. The highest BCUT2D eigenvalue weighted by molar-refractivity contribution is 5.88. The number of hydrogen-bond donors (Lipinski definition) is 1. The van der Waals surface area contributed by atoms with Gasteiger partial charge in [-0.1, -0.05) is 107 Å². The highest BCUT2D eigenvalue weighted by Gasteiger charge is 2.31. The standard InChI is InChI=1S/C31H38N2O3/c1-5-20-32-30(35)27(21-24-14-8-6-9-15-24)33(22-25-16-10-7-11-17-25)29(34)23-36-28-19-13-12-18-26(28)31(2,3)4/h6-19,27H,5,20-23H2,1-4H3,(H,32,35). The number of carbonyl (C=O) groups excluding carboxylic acids is 2. The van der Waals surface area contributed by atoms with Crippen LogP contribution in [0.2, 0.25) is 0 Å². The van der Waals surface area contributed by atoms with Crippen LogP contribution in [0.25, 0.3) is 0 Å². The molecular weight excluding hydrogens is 448 g/mol. The van der Waals surface area contributed by atoms with E-state index in [1.54, 1.807) is 4.90 Å². The summed E-state index contributed by atoms with van der Waals surface area (Å²) in [6, 6.07) is 26.7. The van der Waals surface area contributed by atoms with E-state index in [-0.39, 0.29) is 23.8 Å². The lowest BCUT2D eigenvalue weighted by Gasteiger charge is -2.32. The first kappa shape index (κ1) is 27.0. The predicted molar refractivity (Wildman–Crippen MR) is 145 cm³/mol. The van der Waals surface area contributed by atoms with Crippen molar-refractivity contribution >= 4 is 11.8 Å². The third kappa shape index (κ3) is 7.70. The Balaban J connectivity index is 1.90. The zero-order chi connectivity index (χ0) is 26.0. The maximum atomic E-state index is 13.7. The van der Waals surface area contributed by atoms with Crippen molar-refractivity contribution in [2.45, 2.75) is 58.5 Å². The van der Waals surface area contributed by atoms with Gasteiger partial charge in [-0.05, 0) is 34.6 Å². The van der Waals surface area contributed by atoms with E-state index in [2.05, 4.69) is 26.1 Å². The van der Waals surface area contributed by atoms with Gasteiger partial charge in [0, 0.05) is 19.5 Å². The van der Waals surface area contributed by atoms with Gasteiger partial charge in [0.25, 0.3) is 5.91 Å². The quantitative estimate of drug-likeness (QED) is 0.388. The number of carbonyl (C=O) groups is 2. The number of benzene rings is 3. The first-order chi connectivity index (χ1) is 17.3. The van der Waals surface area contributed by atoms with Gasteiger partial charge in [0.1, 0.15) is 11.8 Å². The number of nitrogens with zero attached hydrogens (tertiary/aromatic N) is 1. The average molecular weight is 487 g/mol. The fourth-order valence-corrected chi connectivity index (χ4v) is 4.13. The van der Waals surface area contributed by atoms with Gasteiger partial charge in [0.05, 0.1) is 0 Å². The molecule has 0 heterocycles. The second kappa shape index (κ2) is 12.9. The van der Waals surface area contributed by atoms with Crippen LogP contribution in [0.3, 0.4) is 0 Å². The molecule has 190 valence electrons. The minimum absolute atomic E-state index is 0.126. The Kier molecular flexibility index (Phi) is 9.69. The number of rotatable bonds is 11. The van der Waals surface area contributed by atoms with E-state index in [1.807, 2.05) is 91.9 Å². The van der Waals surface area contributed by atoms with Gasteiger partial charge in [-0.15, -0.1) is 0 Å². The van der Waals surface area contributed by atoms with E-state index in [0.717, 1.165) is 23.1 Å². The van der Waals surface area contributed by atoms with Gasteiger partial charge in [-0.25, -0.2) is 0 Å². The molecule has 0 fully saturated rings. The van der Waals surface area contributed by atoms with E-state index in [1.165, 1.54) is 0 Å². The van der Waals surface area contributed by atoms with Gasteiger partial charge < -0.3 is 15.0 Å². The van der Waals surface area contributed by atoms with Crippen molar-refractivity contribution in [3.05, 3.63) is 102 Å². The Morgan fingerprint density at radius 1 is 0.861 bits per heavy atom. The molecule has 3 aromatic rings. The number of nitrogens with one attached hydrogen (secondary N) is 1. The van der Waals surface area contributed by atoms with Crippen LogP contribution in [0, 0.1) is 0 Å². The molecule has 1 atom stereocenters. The molecule has 3 aromatic carbocycles. The Labute approximate surface area is 215 Å². The molecule has 0 aliphatic rings. The first-order valence-electron chi connectivity index (χ1n) is 12.7. The molecule has 0 bridgehead atoms. The topological polar surface area (TPSA) is 58.6 Å². The summed E-state index contributed by atoms with van der Waals surface area (Å²) in [6.45, 7) is 9.10. The minimum Gasteiger partial charge on any atom is -0.483 e. The van der Waals surface area contributed by atoms with Crippen molar-refractivity contribution in [2.75, 3.05) is 13.2 Å². The van der Waals surface area contributed by atoms with Crippen LogP contribution in [0.15, 0.2) is 84.9 Å². The van der Waals surface area contributed by atoms with E-state index in [0.29, 0.717) is 25.3 Å². The van der Waals surface area contributed by atoms with Crippen LogP contribution in [0.4, 0.5) is 0 Å². The Hall–Kier alpha value is -3.60. The molecule has 2 amide bonds. The Bertz CT molecular complexity index is 1110. The number of amides is 2. The fraction of sp³-hybridized carbons (Fsp3) is 0.355. The molecule has 5 nitrogen and oxygen atoms in total. The molecule has 0 saturated carbocycles. The Morgan fingerprint density at radius 3 is 2.06 bits per heavy atom.